The molecular formula is C11H18N2S. The zero-order valence-corrected chi connectivity index (χ0v) is 9.52. The Morgan fingerprint density at radius 1 is 1.64 bits per heavy atom. The largest absolute Gasteiger partial charge is 0.327 e. The molecule has 0 saturated heterocycles. The summed E-state index contributed by atoms with van der Waals surface area (Å²) in [7, 11) is 0. The van der Waals surface area contributed by atoms with Gasteiger partial charge in [-0.05, 0) is 44.9 Å². The van der Waals surface area contributed by atoms with Crippen LogP contribution in [-0.2, 0) is 6.42 Å². The highest BCUT2D eigenvalue weighted by Gasteiger charge is 2.27. The standard InChI is InChI=1S/C11H18N2S/c1-8-13-10(7-14-8)3-2-4-11(12)9-5-6-9/h7,9,11H,2-6,12H2,1H3. The number of aryl methyl sites for hydroxylation is 2. The van der Waals surface area contributed by atoms with Gasteiger partial charge in [0.25, 0.3) is 0 Å². The average Bonchev–Trinajstić information content (AvgIpc) is 2.92. The third-order valence-corrected chi connectivity index (χ3v) is 3.69. The Bertz CT molecular complexity index is 291. The van der Waals surface area contributed by atoms with Crippen LogP contribution in [0.25, 0.3) is 0 Å². The van der Waals surface area contributed by atoms with Gasteiger partial charge in [0, 0.05) is 11.4 Å². The summed E-state index contributed by atoms with van der Waals surface area (Å²) in [6.07, 6.45) is 6.18. The van der Waals surface area contributed by atoms with Gasteiger partial charge in [-0.3, -0.25) is 0 Å². The Kier molecular flexibility index (Phi) is 3.19. The van der Waals surface area contributed by atoms with Crippen LogP contribution in [0.3, 0.4) is 0 Å². The van der Waals surface area contributed by atoms with E-state index in [-0.39, 0.29) is 0 Å². The lowest BCUT2D eigenvalue weighted by Gasteiger charge is -2.08. The summed E-state index contributed by atoms with van der Waals surface area (Å²) in [5.74, 6) is 0.840. The van der Waals surface area contributed by atoms with Crippen LogP contribution < -0.4 is 5.73 Å². The van der Waals surface area contributed by atoms with Crippen molar-refractivity contribution in [2.24, 2.45) is 11.7 Å². The second-order valence-electron chi connectivity index (χ2n) is 4.25. The van der Waals surface area contributed by atoms with Crippen molar-refractivity contribution in [2.45, 2.75) is 45.1 Å². The van der Waals surface area contributed by atoms with Crippen molar-refractivity contribution in [2.75, 3.05) is 0 Å². The van der Waals surface area contributed by atoms with Crippen molar-refractivity contribution >= 4 is 11.3 Å². The number of nitrogens with zero attached hydrogens (tertiary/aromatic N) is 1. The summed E-state index contributed by atoms with van der Waals surface area (Å²) in [5, 5.41) is 3.34. The van der Waals surface area contributed by atoms with Crippen molar-refractivity contribution in [3.05, 3.63) is 16.1 Å². The minimum atomic E-state index is 0.453. The van der Waals surface area contributed by atoms with E-state index >= 15 is 0 Å². The lowest BCUT2D eigenvalue weighted by Crippen LogP contribution is -2.22. The van der Waals surface area contributed by atoms with Crippen LogP contribution in [0.5, 0.6) is 0 Å². The topological polar surface area (TPSA) is 38.9 Å². The molecule has 1 aliphatic carbocycles. The van der Waals surface area contributed by atoms with Crippen molar-refractivity contribution < 1.29 is 0 Å². The molecular weight excluding hydrogens is 192 g/mol. The minimum absolute atomic E-state index is 0.453. The van der Waals surface area contributed by atoms with E-state index in [2.05, 4.69) is 17.3 Å². The second-order valence-corrected chi connectivity index (χ2v) is 5.31. The Balaban J connectivity index is 1.67. The Hall–Kier alpha value is -0.410. The van der Waals surface area contributed by atoms with E-state index in [1.165, 1.54) is 36.4 Å². The van der Waals surface area contributed by atoms with E-state index in [0.717, 1.165) is 12.3 Å². The van der Waals surface area contributed by atoms with Gasteiger partial charge in [0.1, 0.15) is 0 Å². The third-order valence-electron chi connectivity index (χ3n) is 2.86. The van der Waals surface area contributed by atoms with E-state index in [9.17, 15) is 0 Å². The third kappa shape index (κ3) is 2.79. The van der Waals surface area contributed by atoms with Gasteiger partial charge < -0.3 is 5.73 Å². The highest BCUT2D eigenvalue weighted by atomic mass is 32.1. The van der Waals surface area contributed by atoms with Gasteiger partial charge in [0.05, 0.1) is 10.7 Å². The molecule has 3 heteroatoms. The summed E-state index contributed by atoms with van der Waals surface area (Å²) in [4.78, 5) is 4.45. The molecule has 0 aliphatic heterocycles. The number of nitrogens with two attached hydrogens (primary N) is 1. The van der Waals surface area contributed by atoms with Crippen LogP contribution in [0.2, 0.25) is 0 Å². The molecule has 14 heavy (non-hydrogen) atoms. The zero-order chi connectivity index (χ0) is 9.97. The number of thiazole rings is 1. The fourth-order valence-corrected chi connectivity index (χ4v) is 2.45. The fourth-order valence-electron chi connectivity index (χ4n) is 1.80. The number of hydrogen-bond acceptors (Lipinski definition) is 3. The van der Waals surface area contributed by atoms with Crippen molar-refractivity contribution in [3.8, 4) is 0 Å². The lowest BCUT2D eigenvalue weighted by molar-refractivity contribution is 0.527. The predicted molar refractivity (Wildman–Crippen MR) is 60.5 cm³/mol. The van der Waals surface area contributed by atoms with Crippen molar-refractivity contribution in [1.82, 2.24) is 4.98 Å². The van der Waals surface area contributed by atoms with Crippen molar-refractivity contribution in [1.29, 1.82) is 0 Å². The molecule has 1 aromatic rings. The van der Waals surface area contributed by atoms with E-state index in [0.29, 0.717) is 6.04 Å². The lowest BCUT2D eigenvalue weighted by atomic mass is 10.1. The highest BCUT2D eigenvalue weighted by molar-refractivity contribution is 7.09. The first kappa shape index (κ1) is 10.1. The molecule has 78 valence electrons. The zero-order valence-electron chi connectivity index (χ0n) is 8.70. The minimum Gasteiger partial charge on any atom is -0.327 e. The van der Waals surface area contributed by atoms with E-state index < -0.39 is 0 Å². The molecule has 1 saturated carbocycles. The molecule has 0 bridgehead atoms. The summed E-state index contributed by atoms with van der Waals surface area (Å²) >= 11 is 1.74. The van der Waals surface area contributed by atoms with Gasteiger partial charge in [0.15, 0.2) is 0 Å². The molecule has 2 N–H and O–H groups in total. The molecule has 2 rings (SSSR count). The maximum atomic E-state index is 6.03. The van der Waals surface area contributed by atoms with Gasteiger partial charge in [-0.25, -0.2) is 4.98 Å². The maximum Gasteiger partial charge on any atom is 0.0897 e. The molecule has 1 aliphatic rings. The van der Waals surface area contributed by atoms with Crippen LogP contribution in [0, 0.1) is 12.8 Å². The summed E-state index contributed by atoms with van der Waals surface area (Å²) in [6, 6.07) is 0.453. The van der Waals surface area contributed by atoms with Crippen LogP contribution in [0.1, 0.15) is 36.4 Å². The molecule has 1 unspecified atom stereocenters. The normalized spacial score (nSPS) is 18.4. The molecule has 0 amide bonds. The van der Waals surface area contributed by atoms with E-state index in [1.54, 1.807) is 11.3 Å². The Labute approximate surface area is 89.5 Å². The number of hydrogen-bond donors (Lipinski definition) is 1. The fraction of sp³-hybridized carbons (Fsp3) is 0.727. The van der Waals surface area contributed by atoms with Gasteiger partial charge in [-0.15, -0.1) is 11.3 Å². The first-order valence-corrected chi connectivity index (χ1v) is 6.30. The predicted octanol–water partition coefficient (Wildman–Crippen LogP) is 2.51. The Morgan fingerprint density at radius 2 is 2.43 bits per heavy atom. The molecule has 0 radical (unpaired) electrons. The molecule has 2 nitrogen and oxygen atoms in total. The summed E-state index contributed by atoms with van der Waals surface area (Å²) in [6.45, 7) is 2.06. The average molecular weight is 210 g/mol. The first-order chi connectivity index (χ1) is 6.75. The van der Waals surface area contributed by atoms with Crippen molar-refractivity contribution in [3.63, 3.8) is 0 Å². The Morgan fingerprint density at radius 3 is 3.00 bits per heavy atom. The maximum absolute atomic E-state index is 6.03. The summed E-state index contributed by atoms with van der Waals surface area (Å²) in [5.41, 5.74) is 7.28. The molecule has 1 fully saturated rings. The highest BCUT2D eigenvalue weighted by Crippen LogP contribution is 2.33. The molecule has 0 aromatic carbocycles. The number of rotatable bonds is 5. The second kappa shape index (κ2) is 4.41. The van der Waals surface area contributed by atoms with Crippen LogP contribution in [0.15, 0.2) is 5.38 Å². The van der Waals surface area contributed by atoms with Crippen LogP contribution in [-0.4, -0.2) is 11.0 Å². The van der Waals surface area contributed by atoms with Gasteiger partial charge >= 0.3 is 0 Å². The van der Waals surface area contributed by atoms with Gasteiger partial charge in [-0.2, -0.15) is 0 Å². The van der Waals surface area contributed by atoms with Gasteiger partial charge in [0.2, 0.25) is 0 Å². The quantitative estimate of drug-likeness (QED) is 0.811. The molecule has 1 heterocycles. The summed E-state index contributed by atoms with van der Waals surface area (Å²) < 4.78 is 0. The molecule has 1 atom stereocenters. The van der Waals surface area contributed by atoms with Crippen LogP contribution in [0.4, 0.5) is 0 Å². The van der Waals surface area contributed by atoms with Crippen LogP contribution >= 0.6 is 11.3 Å². The first-order valence-electron chi connectivity index (χ1n) is 5.42. The smallest absolute Gasteiger partial charge is 0.0897 e. The SMILES string of the molecule is Cc1nc(CCCC(N)C2CC2)cs1. The van der Waals surface area contributed by atoms with E-state index in [4.69, 9.17) is 5.73 Å². The monoisotopic (exact) mass is 210 g/mol. The molecule has 0 spiro atoms. The number of aromatic nitrogens is 1. The van der Waals surface area contributed by atoms with Gasteiger partial charge in [-0.1, -0.05) is 0 Å². The molecule has 1 aromatic heterocycles. The van der Waals surface area contributed by atoms with E-state index in [1.807, 2.05) is 0 Å².